The van der Waals surface area contributed by atoms with Crippen molar-refractivity contribution < 1.29 is 8.78 Å². The second-order valence-corrected chi connectivity index (χ2v) is 3.16. The van der Waals surface area contributed by atoms with Crippen molar-refractivity contribution in [3.05, 3.63) is 23.9 Å². The van der Waals surface area contributed by atoms with Gasteiger partial charge in [0.2, 0.25) is 0 Å². The Hall–Kier alpha value is -0.900. The lowest BCUT2D eigenvalue weighted by atomic mass is 10.3. The van der Waals surface area contributed by atoms with Gasteiger partial charge >= 0.3 is 0 Å². The summed E-state index contributed by atoms with van der Waals surface area (Å²) in [6, 6.07) is 5.19. The molecule has 14 heavy (non-hydrogen) atoms. The molecule has 5 heteroatoms. The number of halogens is 3. The molecule has 0 spiro atoms. The van der Waals surface area contributed by atoms with Crippen LogP contribution in [-0.4, -0.2) is 25.0 Å². The van der Waals surface area contributed by atoms with E-state index < -0.39 is 6.43 Å². The standard InChI is InChI=1S/C9H11ClF2N2/c1-14(6-8(11)12)9-4-2-3-7(5-10)13-9/h2-4,8H,5-6H2,1H3. The molecular weight excluding hydrogens is 210 g/mol. The smallest absolute Gasteiger partial charge is 0.255 e. The number of hydrogen-bond acceptors (Lipinski definition) is 2. The molecule has 0 amide bonds. The van der Waals surface area contributed by atoms with Crippen LogP contribution in [0.3, 0.4) is 0 Å². The minimum absolute atomic E-state index is 0.288. The lowest BCUT2D eigenvalue weighted by Gasteiger charge is -2.17. The summed E-state index contributed by atoms with van der Waals surface area (Å²) >= 11 is 5.58. The molecule has 0 saturated carbocycles. The summed E-state index contributed by atoms with van der Waals surface area (Å²) in [6.45, 7) is -0.321. The fraction of sp³-hybridized carbons (Fsp3) is 0.444. The van der Waals surface area contributed by atoms with Gasteiger partial charge in [0.15, 0.2) is 0 Å². The van der Waals surface area contributed by atoms with E-state index >= 15 is 0 Å². The van der Waals surface area contributed by atoms with E-state index in [1.807, 2.05) is 0 Å². The number of rotatable bonds is 4. The first kappa shape index (κ1) is 11.2. The third kappa shape index (κ3) is 3.10. The van der Waals surface area contributed by atoms with E-state index in [0.29, 0.717) is 11.5 Å². The Morgan fingerprint density at radius 1 is 1.50 bits per heavy atom. The van der Waals surface area contributed by atoms with Gasteiger partial charge < -0.3 is 4.90 Å². The third-order valence-electron chi connectivity index (χ3n) is 1.73. The summed E-state index contributed by atoms with van der Waals surface area (Å²) in [7, 11) is 1.58. The zero-order valence-electron chi connectivity index (χ0n) is 7.75. The highest BCUT2D eigenvalue weighted by Gasteiger charge is 2.09. The summed E-state index contributed by atoms with van der Waals surface area (Å²) in [6.07, 6.45) is -2.36. The van der Waals surface area contributed by atoms with Crippen molar-refractivity contribution in [1.82, 2.24) is 4.98 Å². The van der Waals surface area contributed by atoms with Crippen LogP contribution in [-0.2, 0) is 5.88 Å². The summed E-state index contributed by atoms with van der Waals surface area (Å²) in [5.41, 5.74) is 0.685. The second-order valence-electron chi connectivity index (χ2n) is 2.89. The molecule has 0 aliphatic heterocycles. The van der Waals surface area contributed by atoms with Gasteiger partial charge in [0.1, 0.15) is 5.82 Å². The van der Waals surface area contributed by atoms with Crippen molar-refractivity contribution in [3.63, 3.8) is 0 Å². The Balaban J connectivity index is 2.73. The van der Waals surface area contributed by atoms with Crippen LogP contribution in [0.25, 0.3) is 0 Å². The first-order valence-electron chi connectivity index (χ1n) is 4.14. The summed E-state index contributed by atoms with van der Waals surface area (Å²) in [5, 5.41) is 0. The Kier molecular flexibility index (Phi) is 4.07. The molecule has 1 aromatic rings. The molecule has 0 unspecified atom stereocenters. The molecule has 0 fully saturated rings. The highest BCUT2D eigenvalue weighted by Crippen LogP contribution is 2.12. The van der Waals surface area contributed by atoms with Crippen molar-refractivity contribution in [2.75, 3.05) is 18.5 Å². The van der Waals surface area contributed by atoms with Gasteiger partial charge in [-0.3, -0.25) is 0 Å². The highest BCUT2D eigenvalue weighted by atomic mass is 35.5. The Morgan fingerprint density at radius 3 is 2.79 bits per heavy atom. The molecule has 0 atom stereocenters. The van der Waals surface area contributed by atoms with Gasteiger partial charge in [-0.15, -0.1) is 11.6 Å². The number of nitrogens with zero attached hydrogens (tertiary/aromatic N) is 2. The van der Waals surface area contributed by atoms with Crippen LogP contribution < -0.4 is 4.90 Å². The van der Waals surface area contributed by atoms with Gasteiger partial charge in [-0.05, 0) is 12.1 Å². The van der Waals surface area contributed by atoms with Gasteiger partial charge in [0.25, 0.3) is 6.43 Å². The SMILES string of the molecule is CN(CC(F)F)c1cccc(CCl)n1. The Morgan fingerprint density at radius 2 is 2.21 bits per heavy atom. The minimum Gasteiger partial charge on any atom is -0.354 e. The summed E-state index contributed by atoms with van der Waals surface area (Å²) < 4.78 is 24.1. The Labute approximate surface area is 86.5 Å². The summed E-state index contributed by atoms with van der Waals surface area (Å²) in [5.74, 6) is 0.805. The zero-order valence-corrected chi connectivity index (χ0v) is 8.51. The number of aromatic nitrogens is 1. The van der Waals surface area contributed by atoms with E-state index in [9.17, 15) is 8.78 Å². The third-order valence-corrected chi connectivity index (χ3v) is 2.01. The molecule has 0 aliphatic rings. The number of anilines is 1. The maximum absolute atomic E-state index is 12.1. The summed E-state index contributed by atoms with van der Waals surface area (Å²) in [4.78, 5) is 5.51. The molecule has 1 rings (SSSR count). The highest BCUT2D eigenvalue weighted by molar-refractivity contribution is 6.16. The van der Waals surface area contributed by atoms with Crippen molar-refractivity contribution in [2.24, 2.45) is 0 Å². The van der Waals surface area contributed by atoms with Crippen LogP contribution in [0.1, 0.15) is 5.69 Å². The first-order valence-corrected chi connectivity index (χ1v) is 4.68. The topological polar surface area (TPSA) is 16.1 Å². The molecule has 2 nitrogen and oxygen atoms in total. The normalized spacial score (nSPS) is 10.6. The maximum atomic E-state index is 12.1. The van der Waals surface area contributed by atoms with Gasteiger partial charge in [-0.2, -0.15) is 0 Å². The molecule has 78 valence electrons. The van der Waals surface area contributed by atoms with E-state index in [2.05, 4.69) is 4.98 Å². The fourth-order valence-corrected chi connectivity index (χ4v) is 1.20. The van der Waals surface area contributed by atoms with E-state index in [0.717, 1.165) is 0 Å². The van der Waals surface area contributed by atoms with E-state index in [1.165, 1.54) is 4.90 Å². The van der Waals surface area contributed by atoms with E-state index in [1.54, 1.807) is 25.2 Å². The van der Waals surface area contributed by atoms with Crippen molar-refractivity contribution in [2.45, 2.75) is 12.3 Å². The molecule has 0 radical (unpaired) electrons. The fourth-order valence-electron chi connectivity index (χ4n) is 1.05. The maximum Gasteiger partial charge on any atom is 0.255 e. The molecule has 0 N–H and O–H groups in total. The molecule has 1 heterocycles. The van der Waals surface area contributed by atoms with Gasteiger partial charge in [0.05, 0.1) is 18.1 Å². The quantitative estimate of drug-likeness (QED) is 0.725. The predicted octanol–water partition coefficient (Wildman–Crippen LogP) is 2.52. The molecule has 0 saturated heterocycles. The van der Waals surface area contributed by atoms with Crippen LogP contribution in [0.4, 0.5) is 14.6 Å². The molecule has 0 bridgehead atoms. The number of hydrogen-bond donors (Lipinski definition) is 0. The molecule has 0 aromatic carbocycles. The lowest BCUT2D eigenvalue weighted by molar-refractivity contribution is 0.156. The van der Waals surface area contributed by atoms with Crippen molar-refractivity contribution in [1.29, 1.82) is 0 Å². The van der Waals surface area contributed by atoms with Crippen molar-refractivity contribution in [3.8, 4) is 0 Å². The zero-order chi connectivity index (χ0) is 10.6. The van der Waals surface area contributed by atoms with Gasteiger partial charge in [0, 0.05) is 7.05 Å². The van der Waals surface area contributed by atoms with Crippen LogP contribution in [0.2, 0.25) is 0 Å². The minimum atomic E-state index is -2.36. The molecular formula is C9H11ClF2N2. The first-order chi connectivity index (χ1) is 6.63. The number of pyridine rings is 1. The second kappa shape index (κ2) is 5.10. The molecule has 0 aliphatic carbocycles. The van der Waals surface area contributed by atoms with Crippen LogP contribution in [0.5, 0.6) is 0 Å². The van der Waals surface area contributed by atoms with Crippen molar-refractivity contribution >= 4 is 17.4 Å². The van der Waals surface area contributed by atoms with Crippen LogP contribution >= 0.6 is 11.6 Å². The number of alkyl halides is 3. The largest absolute Gasteiger partial charge is 0.354 e. The van der Waals surface area contributed by atoms with Gasteiger partial charge in [-0.25, -0.2) is 13.8 Å². The van der Waals surface area contributed by atoms with Crippen LogP contribution in [0, 0.1) is 0 Å². The van der Waals surface area contributed by atoms with Crippen LogP contribution in [0.15, 0.2) is 18.2 Å². The monoisotopic (exact) mass is 220 g/mol. The Bertz CT molecular complexity index is 294. The lowest BCUT2D eigenvalue weighted by Crippen LogP contribution is -2.25. The average molecular weight is 221 g/mol. The predicted molar refractivity (Wildman–Crippen MR) is 53.1 cm³/mol. The average Bonchev–Trinajstić information content (AvgIpc) is 2.17. The van der Waals surface area contributed by atoms with E-state index in [4.69, 9.17) is 11.6 Å². The van der Waals surface area contributed by atoms with Gasteiger partial charge in [-0.1, -0.05) is 6.07 Å². The molecule has 1 aromatic heterocycles. The van der Waals surface area contributed by atoms with E-state index in [-0.39, 0.29) is 12.4 Å².